The fourth-order valence-corrected chi connectivity index (χ4v) is 2.06. The Hall–Kier alpha value is -1.15. The van der Waals surface area contributed by atoms with Gasteiger partial charge >= 0.3 is 0 Å². The molecule has 0 saturated carbocycles. The van der Waals surface area contributed by atoms with E-state index in [2.05, 4.69) is 6.92 Å². The summed E-state index contributed by atoms with van der Waals surface area (Å²) in [5.41, 5.74) is 0.734. The summed E-state index contributed by atoms with van der Waals surface area (Å²) < 4.78 is 5.62. The Bertz CT molecular complexity index is 346. The molecular formula is C17H26O2. The Balaban J connectivity index is 2.14. The highest BCUT2D eigenvalue weighted by Crippen LogP contribution is 2.08. The molecule has 0 bridgehead atoms. The molecule has 0 radical (unpaired) electrons. The predicted octanol–water partition coefficient (Wildman–Crippen LogP) is 4.63. The van der Waals surface area contributed by atoms with Crippen molar-refractivity contribution in [2.24, 2.45) is 0 Å². The van der Waals surface area contributed by atoms with Crippen LogP contribution in [0.1, 0.15) is 62.7 Å². The quantitative estimate of drug-likeness (QED) is 0.454. The summed E-state index contributed by atoms with van der Waals surface area (Å²) in [7, 11) is 0. The van der Waals surface area contributed by atoms with Crippen molar-refractivity contribution in [1.82, 2.24) is 0 Å². The topological polar surface area (TPSA) is 26.3 Å². The molecule has 0 aliphatic carbocycles. The Morgan fingerprint density at radius 2 is 1.68 bits per heavy atom. The van der Waals surface area contributed by atoms with Gasteiger partial charge in [-0.2, -0.15) is 0 Å². The van der Waals surface area contributed by atoms with Gasteiger partial charge in [-0.1, -0.05) is 69.4 Å². The van der Waals surface area contributed by atoms with E-state index in [-0.39, 0.29) is 11.9 Å². The van der Waals surface area contributed by atoms with Crippen molar-refractivity contribution in [3.05, 3.63) is 35.9 Å². The molecule has 0 spiro atoms. The molecule has 0 amide bonds. The first-order chi connectivity index (χ1) is 9.25. The molecule has 1 unspecified atom stereocenters. The van der Waals surface area contributed by atoms with Gasteiger partial charge in [-0.3, -0.25) is 4.79 Å². The monoisotopic (exact) mass is 262 g/mol. The molecule has 0 fully saturated rings. The van der Waals surface area contributed by atoms with Crippen molar-refractivity contribution >= 4 is 5.78 Å². The van der Waals surface area contributed by atoms with Crippen LogP contribution in [-0.2, 0) is 4.74 Å². The highest BCUT2D eigenvalue weighted by atomic mass is 16.5. The molecule has 106 valence electrons. The van der Waals surface area contributed by atoms with Crippen LogP contribution in [0.2, 0.25) is 0 Å². The lowest BCUT2D eigenvalue weighted by Gasteiger charge is -2.12. The molecule has 1 rings (SSSR count). The minimum Gasteiger partial charge on any atom is -0.370 e. The van der Waals surface area contributed by atoms with Crippen LogP contribution in [-0.4, -0.2) is 18.5 Å². The van der Waals surface area contributed by atoms with Crippen LogP contribution in [0.25, 0.3) is 0 Å². The summed E-state index contributed by atoms with van der Waals surface area (Å²) in [6.07, 6.45) is 7.11. The maximum absolute atomic E-state index is 12.0. The third-order valence-corrected chi connectivity index (χ3v) is 3.29. The number of carbonyl (C=O) groups is 1. The molecule has 1 aromatic rings. The Morgan fingerprint density at radius 1 is 1.05 bits per heavy atom. The van der Waals surface area contributed by atoms with Gasteiger partial charge < -0.3 is 4.74 Å². The van der Waals surface area contributed by atoms with Crippen molar-refractivity contribution in [2.75, 3.05) is 6.61 Å². The number of benzene rings is 1. The van der Waals surface area contributed by atoms with E-state index >= 15 is 0 Å². The maximum Gasteiger partial charge on any atom is 0.191 e. The predicted molar refractivity (Wildman–Crippen MR) is 79.6 cm³/mol. The molecule has 0 aromatic heterocycles. The average Bonchev–Trinajstić information content (AvgIpc) is 2.46. The van der Waals surface area contributed by atoms with E-state index in [1.54, 1.807) is 0 Å². The van der Waals surface area contributed by atoms with Crippen LogP contribution in [0.3, 0.4) is 0 Å². The van der Waals surface area contributed by atoms with Crippen LogP contribution < -0.4 is 0 Å². The van der Waals surface area contributed by atoms with Crippen LogP contribution in [0.5, 0.6) is 0 Å². The molecule has 0 N–H and O–H groups in total. The zero-order valence-electron chi connectivity index (χ0n) is 12.2. The standard InChI is InChI=1S/C17H26O2/c1-3-4-5-6-7-11-14-19-15(2)17(18)16-12-9-8-10-13-16/h8-10,12-13,15H,3-7,11,14H2,1-2H3. The Morgan fingerprint density at radius 3 is 2.37 bits per heavy atom. The van der Waals surface area contributed by atoms with Gasteiger partial charge in [-0.05, 0) is 13.3 Å². The molecule has 0 heterocycles. The van der Waals surface area contributed by atoms with E-state index in [0.717, 1.165) is 12.0 Å². The molecule has 2 heteroatoms. The smallest absolute Gasteiger partial charge is 0.191 e. The van der Waals surface area contributed by atoms with E-state index in [1.165, 1.54) is 32.1 Å². The summed E-state index contributed by atoms with van der Waals surface area (Å²) in [6.45, 7) is 4.75. The molecule has 0 saturated heterocycles. The van der Waals surface area contributed by atoms with Gasteiger partial charge in [0.05, 0.1) is 0 Å². The van der Waals surface area contributed by atoms with Crippen molar-refractivity contribution in [2.45, 2.75) is 58.5 Å². The lowest BCUT2D eigenvalue weighted by atomic mass is 10.1. The summed E-state index contributed by atoms with van der Waals surface area (Å²) >= 11 is 0. The molecule has 2 nitrogen and oxygen atoms in total. The minimum absolute atomic E-state index is 0.0755. The van der Waals surface area contributed by atoms with E-state index in [4.69, 9.17) is 4.74 Å². The van der Waals surface area contributed by atoms with Crippen molar-refractivity contribution in [3.63, 3.8) is 0 Å². The number of ether oxygens (including phenoxy) is 1. The zero-order chi connectivity index (χ0) is 13.9. The zero-order valence-corrected chi connectivity index (χ0v) is 12.2. The lowest BCUT2D eigenvalue weighted by Crippen LogP contribution is -2.21. The van der Waals surface area contributed by atoms with E-state index in [9.17, 15) is 4.79 Å². The number of hydrogen-bond donors (Lipinski definition) is 0. The van der Waals surface area contributed by atoms with Crippen molar-refractivity contribution in [1.29, 1.82) is 0 Å². The molecule has 19 heavy (non-hydrogen) atoms. The van der Waals surface area contributed by atoms with Gasteiger partial charge in [0.1, 0.15) is 6.10 Å². The van der Waals surface area contributed by atoms with Crippen LogP contribution in [0.15, 0.2) is 30.3 Å². The lowest BCUT2D eigenvalue weighted by molar-refractivity contribution is 0.0464. The summed E-state index contributed by atoms with van der Waals surface area (Å²) in [4.78, 5) is 12.0. The van der Waals surface area contributed by atoms with Crippen molar-refractivity contribution in [3.8, 4) is 0 Å². The largest absolute Gasteiger partial charge is 0.370 e. The summed E-state index contributed by atoms with van der Waals surface area (Å²) in [5.74, 6) is 0.0755. The van der Waals surface area contributed by atoms with E-state index < -0.39 is 0 Å². The summed E-state index contributed by atoms with van der Waals surface area (Å²) in [5, 5.41) is 0. The Labute approximate surface area is 117 Å². The number of carbonyl (C=O) groups excluding carboxylic acids is 1. The first-order valence-electron chi connectivity index (χ1n) is 7.46. The molecule has 1 atom stereocenters. The van der Waals surface area contributed by atoms with Gasteiger partial charge in [0.15, 0.2) is 5.78 Å². The van der Waals surface area contributed by atoms with Crippen LogP contribution in [0.4, 0.5) is 0 Å². The molecule has 0 aliphatic heterocycles. The number of hydrogen-bond acceptors (Lipinski definition) is 2. The van der Waals surface area contributed by atoms with E-state index in [1.807, 2.05) is 37.3 Å². The van der Waals surface area contributed by atoms with Crippen LogP contribution >= 0.6 is 0 Å². The number of ketones is 1. The minimum atomic E-state index is -0.335. The fourth-order valence-electron chi connectivity index (χ4n) is 2.06. The van der Waals surface area contributed by atoms with Gasteiger partial charge in [0.25, 0.3) is 0 Å². The molecular weight excluding hydrogens is 236 g/mol. The normalized spacial score (nSPS) is 12.3. The van der Waals surface area contributed by atoms with Gasteiger partial charge in [-0.25, -0.2) is 0 Å². The second-order valence-corrected chi connectivity index (χ2v) is 5.01. The first kappa shape index (κ1) is 15.9. The van der Waals surface area contributed by atoms with Crippen LogP contribution in [0, 0.1) is 0 Å². The summed E-state index contributed by atoms with van der Waals surface area (Å²) in [6, 6.07) is 9.36. The van der Waals surface area contributed by atoms with Crippen molar-refractivity contribution < 1.29 is 9.53 Å². The third kappa shape index (κ3) is 6.53. The number of rotatable bonds is 10. The average molecular weight is 262 g/mol. The second-order valence-electron chi connectivity index (χ2n) is 5.01. The maximum atomic E-state index is 12.0. The Kier molecular flexibility index (Phi) is 8.15. The molecule has 0 aliphatic rings. The highest BCUT2D eigenvalue weighted by Gasteiger charge is 2.14. The third-order valence-electron chi connectivity index (χ3n) is 3.29. The first-order valence-corrected chi connectivity index (χ1v) is 7.46. The second kappa shape index (κ2) is 9.74. The van der Waals surface area contributed by atoms with E-state index in [0.29, 0.717) is 6.61 Å². The number of unbranched alkanes of at least 4 members (excludes halogenated alkanes) is 5. The van der Waals surface area contributed by atoms with Gasteiger partial charge in [0, 0.05) is 12.2 Å². The SMILES string of the molecule is CCCCCCCCOC(C)C(=O)c1ccccc1. The number of Topliss-reactive ketones (excluding diaryl/α,β-unsaturated/α-hetero) is 1. The molecule has 1 aromatic carbocycles. The fraction of sp³-hybridized carbons (Fsp3) is 0.588. The van der Waals surface area contributed by atoms with Gasteiger partial charge in [0.2, 0.25) is 0 Å². The van der Waals surface area contributed by atoms with Gasteiger partial charge in [-0.15, -0.1) is 0 Å². The highest BCUT2D eigenvalue weighted by molar-refractivity contribution is 5.99.